The van der Waals surface area contributed by atoms with Crippen LogP contribution < -0.4 is 0 Å². The lowest BCUT2D eigenvalue weighted by atomic mass is 10.3. The van der Waals surface area contributed by atoms with Crippen LogP contribution in [0.25, 0.3) is 0 Å². The standard InChI is InChI=1S/C5H11O3/c1-8-4-5(7)2-3-6/h5-7H,1-4H2. The van der Waals surface area contributed by atoms with Gasteiger partial charge in [0.2, 0.25) is 0 Å². The molecule has 1 atom stereocenters. The molecule has 0 aromatic carbocycles. The number of aliphatic hydroxyl groups excluding tert-OH is 2. The van der Waals surface area contributed by atoms with E-state index in [1.807, 2.05) is 0 Å². The minimum Gasteiger partial charge on any atom is -0.396 e. The maximum absolute atomic E-state index is 8.72. The van der Waals surface area contributed by atoms with Gasteiger partial charge in [-0.2, -0.15) is 0 Å². The highest BCUT2D eigenvalue weighted by Gasteiger charge is 1.99. The summed E-state index contributed by atoms with van der Waals surface area (Å²) in [6.07, 6.45) is -0.215. The summed E-state index contributed by atoms with van der Waals surface area (Å²) in [5.41, 5.74) is 0. The van der Waals surface area contributed by atoms with E-state index < -0.39 is 6.10 Å². The van der Waals surface area contributed by atoms with E-state index in [0.29, 0.717) is 6.42 Å². The second-order valence-corrected chi connectivity index (χ2v) is 1.54. The Morgan fingerprint density at radius 3 is 2.62 bits per heavy atom. The first-order valence-corrected chi connectivity index (χ1v) is 2.47. The van der Waals surface area contributed by atoms with Crippen LogP contribution >= 0.6 is 0 Å². The van der Waals surface area contributed by atoms with Crippen LogP contribution in [0.5, 0.6) is 0 Å². The first-order valence-electron chi connectivity index (χ1n) is 2.47. The van der Waals surface area contributed by atoms with Crippen LogP contribution in [-0.2, 0) is 4.74 Å². The molecule has 0 heterocycles. The molecule has 0 saturated carbocycles. The Morgan fingerprint density at radius 1 is 1.62 bits per heavy atom. The summed E-state index contributed by atoms with van der Waals surface area (Å²) in [6, 6.07) is 0. The third-order valence-corrected chi connectivity index (χ3v) is 0.773. The van der Waals surface area contributed by atoms with Gasteiger partial charge < -0.3 is 14.9 Å². The van der Waals surface area contributed by atoms with Crippen molar-refractivity contribution in [3.05, 3.63) is 7.11 Å². The lowest BCUT2D eigenvalue weighted by Gasteiger charge is -2.04. The minimum atomic E-state index is -0.572. The van der Waals surface area contributed by atoms with Gasteiger partial charge in [-0.15, -0.1) is 0 Å². The molecule has 0 aliphatic heterocycles. The van der Waals surface area contributed by atoms with Gasteiger partial charge in [0.25, 0.3) is 0 Å². The van der Waals surface area contributed by atoms with Crippen molar-refractivity contribution in [3.63, 3.8) is 0 Å². The van der Waals surface area contributed by atoms with E-state index >= 15 is 0 Å². The molecular formula is C5H11O3. The van der Waals surface area contributed by atoms with Gasteiger partial charge in [0.1, 0.15) is 0 Å². The van der Waals surface area contributed by atoms with Gasteiger partial charge in [-0.3, -0.25) is 0 Å². The average molecular weight is 119 g/mol. The molecule has 8 heavy (non-hydrogen) atoms. The molecular weight excluding hydrogens is 108 g/mol. The van der Waals surface area contributed by atoms with Crippen LogP contribution in [0.2, 0.25) is 0 Å². The molecule has 3 nitrogen and oxygen atoms in total. The average Bonchev–Trinajstić information content (AvgIpc) is 1.68. The third kappa shape index (κ3) is 4.05. The molecule has 0 aromatic rings. The molecule has 49 valence electrons. The molecule has 1 radical (unpaired) electrons. The molecule has 0 spiro atoms. The van der Waals surface area contributed by atoms with Crippen molar-refractivity contribution in [3.8, 4) is 0 Å². The maximum atomic E-state index is 8.72. The van der Waals surface area contributed by atoms with Crippen LogP contribution in [0.15, 0.2) is 0 Å². The van der Waals surface area contributed by atoms with Crippen LogP contribution in [0.4, 0.5) is 0 Å². The Morgan fingerprint density at radius 2 is 2.25 bits per heavy atom. The van der Waals surface area contributed by atoms with Crippen molar-refractivity contribution in [1.82, 2.24) is 0 Å². The zero-order chi connectivity index (χ0) is 6.41. The lowest BCUT2D eigenvalue weighted by molar-refractivity contribution is 0.0614. The zero-order valence-electron chi connectivity index (χ0n) is 4.71. The quantitative estimate of drug-likeness (QED) is 0.526. The second-order valence-electron chi connectivity index (χ2n) is 1.54. The van der Waals surface area contributed by atoms with Crippen molar-refractivity contribution < 1.29 is 14.9 Å². The number of aliphatic hydroxyl groups is 2. The van der Waals surface area contributed by atoms with E-state index in [9.17, 15) is 0 Å². The molecule has 1 unspecified atom stereocenters. The summed E-state index contributed by atoms with van der Waals surface area (Å²) in [4.78, 5) is 0. The Bertz CT molecular complexity index is 40.9. The van der Waals surface area contributed by atoms with Gasteiger partial charge >= 0.3 is 0 Å². The Kier molecular flexibility index (Phi) is 4.95. The molecule has 0 aliphatic rings. The summed E-state index contributed by atoms with van der Waals surface area (Å²) < 4.78 is 4.35. The highest BCUT2D eigenvalue weighted by atomic mass is 16.5. The van der Waals surface area contributed by atoms with E-state index in [2.05, 4.69) is 11.8 Å². The summed E-state index contributed by atoms with van der Waals surface area (Å²) in [5, 5.41) is 17.0. The van der Waals surface area contributed by atoms with Crippen LogP contribution in [0, 0.1) is 7.11 Å². The highest BCUT2D eigenvalue weighted by Crippen LogP contribution is 1.88. The predicted molar refractivity (Wildman–Crippen MR) is 29.0 cm³/mol. The number of hydrogen-bond donors (Lipinski definition) is 2. The van der Waals surface area contributed by atoms with Crippen molar-refractivity contribution in [1.29, 1.82) is 0 Å². The van der Waals surface area contributed by atoms with E-state index in [1.54, 1.807) is 0 Å². The SMILES string of the molecule is [CH2]OCC(O)CCO. The van der Waals surface area contributed by atoms with Crippen molar-refractivity contribution in [2.24, 2.45) is 0 Å². The van der Waals surface area contributed by atoms with E-state index in [1.165, 1.54) is 0 Å². The van der Waals surface area contributed by atoms with Gasteiger partial charge in [-0.25, -0.2) is 0 Å². The maximum Gasteiger partial charge on any atom is 0.0795 e. The zero-order valence-corrected chi connectivity index (χ0v) is 4.71. The van der Waals surface area contributed by atoms with E-state index in [0.717, 1.165) is 0 Å². The van der Waals surface area contributed by atoms with Crippen molar-refractivity contribution in [2.45, 2.75) is 12.5 Å². The van der Waals surface area contributed by atoms with Gasteiger partial charge in [-0.05, 0) is 6.42 Å². The summed E-state index contributed by atoms with van der Waals surface area (Å²) in [6.45, 7) is 0.186. The van der Waals surface area contributed by atoms with E-state index in [-0.39, 0.29) is 13.2 Å². The topological polar surface area (TPSA) is 49.7 Å². The van der Waals surface area contributed by atoms with Crippen LogP contribution in [0.3, 0.4) is 0 Å². The molecule has 0 rings (SSSR count). The second kappa shape index (κ2) is 5.03. The summed E-state index contributed by atoms with van der Waals surface area (Å²) in [5.74, 6) is 0. The number of rotatable bonds is 4. The van der Waals surface area contributed by atoms with Crippen molar-refractivity contribution >= 4 is 0 Å². The monoisotopic (exact) mass is 119 g/mol. The fourth-order valence-corrected chi connectivity index (χ4v) is 0.368. The summed E-state index contributed by atoms with van der Waals surface area (Å²) >= 11 is 0. The van der Waals surface area contributed by atoms with Gasteiger partial charge in [-0.1, -0.05) is 0 Å². The normalized spacial score (nSPS) is 13.9. The predicted octanol–water partition coefficient (Wildman–Crippen LogP) is -0.462. The first kappa shape index (κ1) is 7.88. The largest absolute Gasteiger partial charge is 0.396 e. The van der Waals surface area contributed by atoms with Gasteiger partial charge in [0.05, 0.1) is 19.8 Å². The minimum absolute atomic E-state index is 0.00940. The fourth-order valence-electron chi connectivity index (χ4n) is 0.368. The molecule has 0 bridgehead atoms. The number of hydrogen-bond acceptors (Lipinski definition) is 3. The number of ether oxygens (including phenoxy) is 1. The molecule has 2 N–H and O–H groups in total. The summed E-state index contributed by atoms with van der Waals surface area (Å²) in [7, 11) is 3.07. The van der Waals surface area contributed by atoms with Gasteiger partial charge in [0.15, 0.2) is 0 Å². The third-order valence-electron chi connectivity index (χ3n) is 0.773. The highest BCUT2D eigenvalue weighted by molar-refractivity contribution is 4.50. The Hall–Kier alpha value is -0.120. The van der Waals surface area contributed by atoms with Crippen molar-refractivity contribution in [2.75, 3.05) is 13.2 Å². The molecule has 0 saturated heterocycles. The Labute approximate surface area is 48.9 Å². The molecule has 0 aromatic heterocycles. The van der Waals surface area contributed by atoms with Crippen LogP contribution in [-0.4, -0.2) is 29.5 Å². The molecule has 0 amide bonds. The lowest BCUT2D eigenvalue weighted by Crippen LogP contribution is -2.14. The molecule has 3 heteroatoms. The fraction of sp³-hybridized carbons (Fsp3) is 0.800. The Balaban J connectivity index is 2.92. The molecule has 0 fully saturated rings. The van der Waals surface area contributed by atoms with E-state index in [4.69, 9.17) is 10.2 Å². The van der Waals surface area contributed by atoms with Crippen LogP contribution in [0.1, 0.15) is 6.42 Å². The smallest absolute Gasteiger partial charge is 0.0795 e. The molecule has 0 aliphatic carbocycles. The van der Waals surface area contributed by atoms with Gasteiger partial charge in [0, 0.05) is 6.61 Å². The first-order chi connectivity index (χ1) is 3.81.